The molecule has 1 atom stereocenters. The molecule has 0 radical (unpaired) electrons. The molecule has 6 nitrogen and oxygen atoms in total. The molecular weight excluding hydrogens is 296 g/mol. The van der Waals surface area contributed by atoms with Crippen molar-refractivity contribution in [3.63, 3.8) is 0 Å². The number of benzene rings is 2. The maximum atomic E-state index is 11.7. The summed E-state index contributed by atoms with van der Waals surface area (Å²) in [6.45, 7) is 0.457. The van der Waals surface area contributed by atoms with Crippen LogP contribution in [0.4, 0.5) is 5.69 Å². The highest BCUT2D eigenvalue weighted by Gasteiger charge is 2.17. The fraction of sp³-hybridized carbons (Fsp3) is 0.176. The van der Waals surface area contributed by atoms with Gasteiger partial charge in [-0.1, -0.05) is 30.3 Å². The van der Waals surface area contributed by atoms with Gasteiger partial charge in [0.2, 0.25) is 0 Å². The van der Waals surface area contributed by atoms with Crippen LogP contribution in [0, 0.1) is 0 Å². The molecule has 2 aromatic carbocycles. The van der Waals surface area contributed by atoms with E-state index in [9.17, 15) is 14.7 Å². The van der Waals surface area contributed by atoms with Crippen LogP contribution in [-0.4, -0.2) is 17.9 Å². The van der Waals surface area contributed by atoms with Gasteiger partial charge in [0.15, 0.2) is 6.04 Å². The molecule has 0 saturated carbocycles. The summed E-state index contributed by atoms with van der Waals surface area (Å²) >= 11 is 0. The minimum atomic E-state index is -1.30. The normalized spacial score (nSPS) is 11.5. The summed E-state index contributed by atoms with van der Waals surface area (Å²) in [5, 5.41) is 13.1. The first-order valence-electron chi connectivity index (χ1n) is 7.15. The lowest BCUT2D eigenvalue weighted by Gasteiger charge is -2.11. The highest BCUT2D eigenvalue weighted by molar-refractivity contribution is 5.95. The number of carboxylic acid groups (broad SMARTS) is 1. The number of quaternary nitrogens is 1. The van der Waals surface area contributed by atoms with Gasteiger partial charge in [-0.25, -0.2) is 0 Å². The minimum Gasteiger partial charge on any atom is -0.550 e. The van der Waals surface area contributed by atoms with E-state index >= 15 is 0 Å². The molecule has 4 N–H and O–H groups in total. The van der Waals surface area contributed by atoms with Crippen LogP contribution in [-0.2, 0) is 16.2 Å². The van der Waals surface area contributed by atoms with Gasteiger partial charge in [0.1, 0.15) is 12.4 Å². The van der Waals surface area contributed by atoms with Crippen LogP contribution in [0.5, 0.6) is 5.75 Å². The number of carbonyl (C=O) groups is 2. The molecule has 120 valence electrons. The zero-order valence-corrected chi connectivity index (χ0v) is 12.5. The van der Waals surface area contributed by atoms with Crippen LogP contribution >= 0.6 is 0 Å². The van der Waals surface area contributed by atoms with Crippen LogP contribution in [0.3, 0.4) is 0 Å². The van der Waals surface area contributed by atoms with Gasteiger partial charge in [-0.3, -0.25) is 4.79 Å². The van der Waals surface area contributed by atoms with Gasteiger partial charge >= 0.3 is 0 Å². The largest absolute Gasteiger partial charge is 0.550 e. The van der Waals surface area contributed by atoms with Crippen molar-refractivity contribution >= 4 is 17.6 Å². The second kappa shape index (κ2) is 7.95. The average Bonchev–Trinajstić information content (AvgIpc) is 2.54. The molecule has 23 heavy (non-hydrogen) atoms. The zero-order valence-electron chi connectivity index (χ0n) is 12.5. The van der Waals surface area contributed by atoms with Crippen LogP contribution in [0.15, 0.2) is 54.6 Å². The van der Waals surface area contributed by atoms with Gasteiger partial charge in [0, 0.05) is 18.1 Å². The Morgan fingerprint density at radius 2 is 1.74 bits per heavy atom. The quantitative estimate of drug-likeness (QED) is 0.747. The first-order chi connectivity index (χ1) is 11.0. The van der Waals surface area contributed by atoms with Crippen LogP contribution < -0.4 is 20.9 Å². The van der Waals surface area contributed by atoms with Gasteiger partial charge < -0.3 is 25.7 Å². The van der Waals surface area contributed by atoms with Crippen molar-refractivity contribution in [1.29, 1.82) is 0 Å². The van der Waals surface area contributed by atoms with Crippen LogP contribution in [0.25, 0.3) is 0 Å². The lowest BCUT2D eigenvalue weighted by atomic mass is 10.2. The topological polar surface area (TPSA) is 106 Å². The summed E-state index contributed by atoms with van der Waals surface area (Å²) in [5.41, 5.74) is 5.11. The fourth-order valence-electron chi connectivity index (χ4n) is 1.91. The van der Waals surface area contributed by atoms with E-state index in [0.29, 0.717) is 18.0 Å². The monoisotopic (exact) mass is 314 g/mol. The molecule has 0 aliphatic rings. The number of carboxylic acids is 1. The van der Waals surface area contributed by atoms with Crippen molar-refractivity contribution in [3.8, 4) is 5.75 Å². The SMILES string of the molecule is [NH3+][C@@H](CC(=O)[O-])C(=O)Nc1ccc(OCc2ccccc2)cc1. The summed E-state index contributed by atoms with van der Waals surface area (Å²) in [6.07, 6.45) is -0.413. The standard InChI is InChI=1S/C17H18N2O4/c18-15(10-16(20)21)17(22)19-13-6-8-14(9-7-13)23-11-12-4-2-1-3-5-12/h1-9,15H,10-11,18H2,(H,19,22)(H,20,21)/t15-/m0/s1. The summed E-state index contributed by atoms with van der Waals surface area (Å²) < 4.78 is 5.64. The van der Waals surface area contributed by atoms with Crippen molar-refractivity contribution in [3.05, 3.63) is 60.2 Å². The number of aliphatic carboxylic acids is 1. The molecule has 2 aromatic rings. The highest BCUT2D eigenvalue weighted by Crippen LogP contribution is 2.17. The second-order valence-electron chi connectivity index (χ2n) is 5.06. The third-order valence-electron chi connectivity index (χ3n) is 3.15. The number of nitrogens with one attached hydrogen (secondary N) is 1. The summed E-state index contributed by atoms with van der Waals surface area (Å²) in [4.78, 5) is 22.2. The summed E-state index contributed by atoms with van der Waals surface area (Å²) in [7, 11) is 0. The fourth-order valence-corrected chi connectivity index (χ4v) is 1.91. The van der Waals surface area contributed by atoms with E-state index in [0.717, 1.165) is 5.56 Å². The Hall–Kier alpha value is -2.86. The van der Waals surface area contributed by atoms with Crippen molar-refractivity contribution in [2.75, 3.05) is 5.32 Å². The van der Waals surface area contributed by atoms with Crippen molar-refractivity contribution in [2.45, 2.75) is 19.1 Å². The zero-order chi connectivity index (χ0) is 16.7. The Bertz CT molecular complexity index is 656. The first kappa shape index (κ1) is 16.5. The molecule has 0 fully saturated rings. The van der Waals surface area contributed by atoms with E-state index in [1.54, 1.807) is 24.3 Å². The van der Waals surface area contributed by atoms with E-state index in [1.807, 2.05) is 30.3 Å². The van der Waals surface area contributed by atoms with E-state index < -0.39 is 24.3 Å². The van der Waals surface area contributed by atoms with Crippen LogP contribution in [0.1, 0.15) is 12.0 Å². The molecule has 0 aromatic heterocycles. The van der Waals surface area contributed by atoms with Gasteiger partial charge in [0.05, 0.1) is 0 Å². The molecule has 0 aliphatic heterocycles. The predicted octanol–water partition coefficient (Wildman–Crippen LogP) is -0.0454. The van der Waals surface area contributed by atoms with E-state index in [2.05, 4.69) is 11.1 Å². The van der Waals surface area contributed by atoms with Crippen molar-refractivity contribution in [2.24, 2.45) is 0 Å². The number of ether oxygens (including phenoxy) is 1. The van der Waals surface area contributed by atoms with E-state index in [-0.39, 0.29) is 0 Å². The number of hydrogen-bond acceptors (Lipinski definition) is 4. The van der Waals surface area contributed by atoms with E-state index in [1.165, 1.54) is 0 Å². The Morgan fingerprint density at radius 1 is 1.09 bits per heavy atom. The highest BCUT2D eigenvalue weighted by atomic mass is 16.5. The van der Waals surface area contributed by atoms with Gasteiger partial charge in [-0.15, -0.1) is 0 Å². The molecule has 0 saturated heterocycles. The summed E-state index contributed by atoms with van der Waals surface area (Å²) in [6, 6.07) is 15.7. The average molecular weight is 314 g/mol. The lowest BCUT2D eigenvalue weighted by molar-refractivity contribution is -0.407. The molecule has 0 aliphatic carbocycles. The maximum Gasteiger partial charge on any atom is 0.282 e. The predicted molar refractivity (Wildman–Crippen MR) is 82.1 cm³/mol. The Morgan fingerprint density at radius 3 is 2.35 bits per heavy atom. The third-order valence-corrected chi connectivity index (χ3v) is 3.15. The molecule has 0 spiro atoms. The molecule has 0 unspecified atom stereocenters. The third kappa shape index (κ3) is 5.44. The Labute approximate surface area is 133 Å². The summed E-state index contributed by atoms with van der Waals surface area (Å²) in [5.74, 6) is -1.09. The number of rotatable bonds is 7. The van der Waals surface area contributed by atoms with Gasteiger partial charge in [-0.2, -0.15) is 0 Å². The molecule has 6 heteroatoms. The van der Waals surface area contributed by atoms with Gasteiger partial charge in [0.25, 0.3) is 5.91 Å². The molecule has 2 rings (SSSR count). The maximum absolute atomic E-state index is 11.7. The molecule has 0 heterocycles. The number of carbonyl (C=O) groups excluding carboxylic acids is 2. The number of amides is 1. The Balaban J connectivity index is 1.87. The molecule has 0 bridgehead atoms. The van der Waals surface area contributed by atoms with Crippen LogP contribution in [0.2, 0.25) is 0 Å². The lowest BCUT2D eigenvalue weighted by Crippen LogP contribution is -2.67. The minimum absolute atomic E-state index is 0.413. The number of anilines is 1. The second-order valence-corrected chi connectivity index (χ2v) is 5.06. The Kier molecular flexibility index (Phi) is 5.71. The van der Waals surface area contributed by atoms with Crippen molar-refractivity contribution in [1.82, 2.24) is 0 Å². The smallest absolute Gasteiger partial charge is 0.282 e. The first-order valence-corrected chi connectivity index (χ1v) is 7.15. The van der Waals surface area contributed by atoms with Gasteiger partial charge in [-0.05, 0) is 29.8 Å². The molecule has 1 amide bonds. The molecular formula is C17H18N2O4. The number of hydrogen-bond donors (Lipinski definition) is 2. The van der Waals surface area contributed by atoms with E-state index in [4.69, 9.17) is 4.74 Å². The van der Waals surface area contributed by atoms with Crippen molar-refractivity contribution < 1.29 is 25.2 Å².